The van der Waals surface area contributed by atoms with E-state index in [1.165, 1.54) is 12.1 Å². The third-order valence-electron chi connectivity index (χ3n) is 4.37. The van der Waals surface area contributed by atoms with Crippen molar-refractivity contribution >= 4 is 11.8 Å². The van der Waals surface area contributed by atoms with Crippen LogP contribution in [0.1, 0.15) is 18.9 Å². The zero-order valence-electron chi connectivity index (χ0n) is 14.3. The van der Waals surface area contributed by atoms with Crippen LogP contribution in [0, 0.1) is 11.7 Å². The maximum Gasteiger partial charge on any atom is 0.407 e. The minimum Gasteiger partial charge on any atom is -0.445 e. The Morgan fingerprint density at radius 1 is 1.20 bits per heavy atom. The van der Waals surface area contributed by atoms with Crippen LogP contribution in [0.5, 0.6) is 0 Å². The molecular weight excluding hydrogens is 319 g/mol. The molecule has 2 aromatic carbocycles. The highest BCUT2D eigenvalue weighted by Crippen LogP contribution is 2.23. The van der Waals surface area contributed by atoms with Crippen molar-refractivity contribution in [2.75, 3.05) is 18.0 Å². The average molecular weight is 342 g/mol. The fourth-order valence-electron chi connectivity index (χ4n) is 3.27. The molecule has 1 aliphatic heterocycles. The summed E-state index contributed by atoms with van der Waals surface area (Å²) < 4.78 is 18.8. The van der Waals surface area contributed by atoms with E-state index in [4.69, 9.17) is 4.74 Å². The van der Waals surface area contributed by atoms with Gasteiger partial charge in [0.05, 0.1) is 0 Å². The SMILES string of the molecule is CC1CC(NC(=O)OCc2ccccc2)CN(c2cccc(F)c2)C1. The first kappa shape index (κ1) is 17.3. The molecule has 2 aromatic rings. The molecule has 5 heteroatoms. The Morgan fingerprint density at radius 3 is 2.76 bits per heavy atom. The zero-order chi connectivity index (χ0) is 17.6. The summed E-state index contributed by atoms with van der Waals surface area (Å²) in [6.07, 6.45) is 0.467. The fraction of sp³-hybridized carbons (Fsp3) is 0.350. The number of nitrogens with one attached hydrogen (secondary N) is 1. The number of benzene rings is 2. The van der Waals surface area contributed by atoms with Crippen molar-refractivity contribution in [2.45, 2.75) is 26.0 Å². The molecule has 25 heavy (non-hydrogen) atoms. The van der Waals surface area contributed by atoms with Crippen molar-refractivity contribution in [1.82, 2.24) is 5.32 Å². The zero-order valence-corrected chi connectivity index (χ0v) is 14.3. The maximum atomic E-state index is 13.5. The number of hydrogen-bond donors (Lipinski definition) is 1. The number of hydrogen-bond acceptors (Lipinski definition) is 3. The van der Waals surface area contributed by atoms with E-state index in [-0.39, 0.29) is 18.5 Å². The second kappa shape index (κ2) is 8.01. The van der Waals surface area contributed by atoms with E-state index in [9.17, 15) is 9.18 Å². The van der Waals surface area contributed by atoms with Gasteiger partial charge in [-0.1, -0.05) is 43.3 Å². The molecule has 1 aliphatic rings. The first-order valence-electron chi connectivity index (χ1n) is 8.58. The molecule has 0 aliphatic carbocycles. The molecule has 0 radical (unpaired) electrons. The summed E-state index contributed by atoms with van der Waals surface area (Å²) in [6.45, 7) is 3.88. The second-order valence-corrected chi connectivity index (χ2v) is 6.63. The quantitative estimate of drug-likeness (QED) is 0.914. The van der Waals surface area contributed by atoms with Gasteiger partial charge in [-0.15, -0.1) is 0 Å². The summed E-state index contributed by atoms with van der Waals surface area (Å²) >= 11 is 0. The normalized spacial score (nSPS) is 20.2. The van der Waals surface area contributed by atoms with Crippen LogP contribution in [-0.4, -0.2) is 25.2 Å². The Bertz CT molecular complexity index is 708. The smallest absolute Gasteiger partial charge is 0.407 e. The molecule has 0 saturated carbocycles. The van der Waals surface area contributed by atoms with Gasteiger partial charge in [-0.25, -0.2) is 9.18 Å². The van der Waals surface area contributed by atoms with E-state index < -0.39 is 6.09 Å². The van der Waals surface area contributed by atoms with E-state index in [1.54, 1.807) is 6.07 Å². The summed E-state index contributed by atoms with van der Waals surface area (Å²) in [5, 5.41) is 2.94. The summed E-state index contributed by atoms with van der Waals surface area (Å²) in [5.41, 5.74) is 1.80. The molecule has 2 atom stereocenters. The van der Waals surface area contributed by atoms with Gasteiger partial charge in [-0.05, 0) is 36.1 Å². The Balaban J connectivity index is 1.55. The van der Waals surface area contributed by atoms with Gasteiger partial charge in [0, 0.05) is 24.8 Å². The lowest BCUT2D eigenvalue weighted by Crippen LogP contribution is -2.50. The lowest BCUT2D eigenvalue weighted by molar-refractivity contribution is 0.133. The standard InChI is InChI=1S/C20H23FN2O2/c1-15-10-18(13-23(12-15)19-9-5-8-17(21)11-19)22-20(24)25-14-16-6-3-2-4-7-16/h2-9,11,15,18H,10,12-14H2,1H3,(H,22,24). The Labute approximate surface area is 147 Å². The molecule has 4 nitrogen and oxygen atoms in total. The number of ether oxygens (including phenoxy) is 1. The predicted molar refractivity (Wildman–Crippen MR) is 95.9 cm³/mol. The van der Waals surface area contributed by atoms with Crippen molar-refractivity contribution in [3.05, 3.63) is 66.0 Å². The summed E-state index contributed by atoms with van der Waals surface area (Å²) in [7, 11) is 0. The van der Waals surface area contributed by atoms with Crippen LogP contribution in [0.25, 0.3) is 0 Å². The lowest BCUT2D eigenvalue weighted by atomic mass is 9.95. The van der Waals surface area contributed by atoms with Crippen molar-refractivity contribution in [2.24, 2.45) is 5.92 Å². The number of piperidine rings is 1. The van der Waals surface area contributed by atoms with Gasteiger partial charge in [-0.3, -0.25) is 0 Å². The molecule has 1 N–H and O–H groups in total. The van der Waals surface area contributed by atoms with E-state index in [0.29, 0.717) is 12.5 Å². The van der Waals surface area contributed by atoms with Crippen LogP contribution in [-0.2, 0) is 11.3 Å². The fourth-order valence-corrected chi connectivity index (χ4v) is 3.27. The molecule has 1 heterocycles. The van der Waals surface area contributed by atoms with Gasteiger partial charge >= 0.3 is 6.09 Å². The Hall–Kier alpha value is -2.56. The lowest BCUT2D eigenvalue weighted by Gasteiger charge is -2.38. The number of amides is 1. The molecule has 0 aromatic heterocycles. The molecule has 132 valence electrons. The van der Waals surface area contributed by atoms with Crippen LogP contribution >= 0.6 is 0 Å². The minimum absolute atomic E-state index is 0.0182. The van der Waals surface area contributed by atoms with Gasteiger partial charge < -0.3 is 15.0 Å². The molecule has 0 bridgehead atoms. The predicted octanol–water partition coefficient (Wildman–Crippen LogP) is 3.97. The number of nitrogens with zero attached hydrogens (tertiary/aromatic N) is 1. The van der Waals surface area contributed by atoms with Crippen LogP contribution in [0.4, 0.5) is 14.9 Å². The van der Waals surface area contributed by atoms with Crippen molar-refractivity contribution in [3.63, 3.8) is 0 Å². The number of carbonyl (C=O) groups is 1. The molecule has 1 fully saturated rings. The summed E-state index contributed by atoms with van der Waals surface area (Å²) in [6, 6.07) is 16.1. The van der Waals surface area contributed by atoms with E-state index in [2.05, 4.69) is 17.1 Å². The first-order valence-corrected chi connectivity index (χ1v) is 8.58. The Morgan fingerprint density at radius 2 is 2.00 bits per heavy atom. The highest BCUT2D eigenvalue weighted by atomic mass is 19.1. The van der Waals surface area contributed by atoms with Crippen LogP contribution < -0.4 is 10.2 Å². The first-order chi connectivity index (χ1) is 12.1. The van der Waals surface area contributed by atoms with E-state index in [1.807, 2.05) is 36.4 Å². The second-order valence-electron chi connectivity index (χ2n) is 6.63. The van der Waals surface area contributed by atoms with Gasteiger partial charge in [-0.2, -0.15) is 0 Å². The van der Waals surface area contributed by atoms with Gasteiger partial charge in [0.25, 0.3) is 0 Å². The minimum atomic E-state index is -0.415. The van der Waals surface area contributed by atoms with Gasteiger partial charge in [0.2, 0.25) is 0 Å². The number of alkyl carbamates (subject to hydrolysis) is 1. The van der Waals surface area contributed by atoms with Crippen LogP contribution in [0.15, 0.2) is 54.6 Å². The van der Waals surface area contributed by atoms with Crippen LogP contribution in [0.3, 0.4) is 0 Å². The monoisotopic (exact) mass is 342 g/mol. The van der Waals surface area contributed by atoms with Gasteiger partial charge in [0.15, 0.2) is 0 Å². The molecule has 3 rings (SSSR count). The number of halogens is 1. The van der Waals surface area contributed by atoms with Crippen molar-refractivity contribution in [3.8, 4) is 0 Å². The number of carbonyl (C=O) groups excluding carboxylic acids is 1. The van der Waals surface area contributed by atoms with Crippen LogP contribution in [0.2, 0.25) is 0 Å². The average Bonchev–Trinajstić information content (AvgIpc) is 2.60. The van der Waals surface area contributed by atoms with Crippen molar-refractivity contribution in [1.29, 1.82) is 0 Å². The highest BCUT2D eigenvalue weighted by molar-refractivity contribution is 5.67. The molecule has 1 saturated heterocycles. The molecular formula is C20H23FN2O2. The van der Waals surface area contributed by atoms with Gasteiger partial charge in [0.1, 0.15) is 12.4 Å². The van der Waals surface area contributed by atoms with Crippen molar-refractivity contribution < 1.29 is 13.9 Å². The summed E-state index contributed by atoms with van der Waals surface area (Å²) in [5.74, 6) is 0.152. The number of anilines is 1. The van der Waals surface area contributed by atoms with E-state index >= 15 is 0 Å². The third kappa shape index (κ3) is 4.95. The highest BCUT2D eigenvalue weighted by Gasteiger charge is 2.26. The Kier molecular flexibility index (Phi) is 5.53. The van der Waals surface area contributed by atoms with E-state index in [0.717, 1.165) is 24.2 Å². The molecule has 2 unspecified atom stereocenters. The summed E-state index contributed by atoms with van der Waals surface area (Å²) in [4.78, 5) is 14.2. The maximum absolute atomic E-state index is 13.5. The largest absolute Gasteiger partial charge is 0.445 e. The molecule has 0 spiro atoms. The number of rotatable bonds is 4. The topological polar surface area (TPSA) is 41.6 Å². The molecule has 1 amide bonds. The third-order valence-corrected chi connectivity index (χ3v) is 4.37.